The van der Waals surface area contributed by atoms with Crippen LogP contribution in [0.25, 0.3) is 10.9 Å². The lowest BCUT2D eigenvalue weighted by Crippen LogP contribution is -2.29. The van der Waals surface area contributed by atoms with Crippen LogP contribution >= 0.6 is 27.5 Å². The van der Waals surface area contributed by atoms with Crippen molar-refractivity contribution >= 4 is 44.6 Å². The third kappa shape index (κ3) is 5.21. The predicted octanol–water partition coefficient (Wildman–Crippen LogP) is 6.31. The Kier molecular flexibility index (Phi) is 7.07. The summed E-state index contributed by atoms with van der Waals surface area (Å²) in [4.78, 5) is 18.3. The monoisotopic (exact) mass is 597 g/mol. The molecule has 5 rings (SSSR count). The third-order valence-corrected chi connectivity index (χ3v) is 6.59. The summed E-state index contributed by atoms with van der Waals surface area (Å²) in [6.45, 7) is 6.37. The molecule has 1 aromatic heterocycles. The quantitative estimate of drug-likeness (QED) is 0.242. The molecule has 0 fully saturated rings. The van der Waals surface area contributed by atoms with E-state index in [4.69, 9.17) is 35.5 Å². The summed E-state index contributed by atoms with van der Waals surface area (Å²) < 4.78 is 24.7. The van der Waals surface area contributed by atoms with Gasteiger partial charge in [0.1, 0.15) is 12.4 Å². The van der Waals surface area contributed by atoms with Crippen molar-refractivity contribution in [1.82, 2.24) is 9.66 Å². The first kappa shape index (κ1) is 26.1. The van der Waals surface area contributed by atoms with E-state index in [0.717, 1.165) is 10.0 Å². The largest absolute Gasteiger partial charge is 0.493 e. The zero-order valence-corrected chi connectivity index (χ0v) is 23.6. The van der Waals surface area contributed by atoms with Crippen LogP contribution in [0.5, 0.6) is 23.0 Å². The number of methoxy groups -OCH3 is 1. The maximum Gasteiger partial charge on any atom is 0.282 e. The second-order valence-electron chi connectivity index (χ2n) is 9.71. The number of fused-ring (bicyclic) bond motifs is 2. The molecule has 0 saturated carbocycles. The van der Waals surface area contributed by atoms with E-state index >= 15 is 0 Å². The molecule has 1 aliphatic heterocycles. The van der Waals surface area contributed by atoms with Gasteiger partial charge in [-0.25, -0.2) is 4.98 Å². The average Bonchev–Trinajstić information content (AvgIpc) is 3.34. The summed E-state index contributed by atoms with van der Waals surface area (Å²) in [5.41, 5.74) is 1.28. The second-order valence-corrected chi connectivity index (χ2v) is 11.1. The Morgan fingerprint density at radius 2 is 1.92 bits per heavy atom. The molecule has 196 valence electrons. The number of hydrogen-bond donors (Lipinski definition) is 0. The predicted molar refractivity (Wildman–Crippen MR) is 150 cm³/mol. The van der Waals surface area contributed by atoms with Crippen LogP contribution < -0.4 is 24.5 Å². The van der Waals surface area contributed by atoms with Gasteiger partial charge in [0, 0.05) is 26.5 Å². The van der Waals surface area contributed by atoms with E-state index in [9.17, 15) is 4.79 Å². The Morgan fingerprint density at radius 3 is 2.68 bits per heavy atom. The molecule has 10 heteroatoms. The lowest BCUT2D eigenvalue weighted by Gasteiger charge is -2.21. The zero-order valence-electron chi connectivity index (χ0n) is 21.2. The van der Waals surface area contributed by atoms with Gasteiger partial charge in [0.2, 0.25) is 6.79 Å². The molecule has 0 amide bonds. The molecule has 8 nitrogen and oxygen atoms in total. The topological polar surface area (TPSA) is 84.2 Å². The van der Waals surface area contributed by atoms with Crippen LogP contribution in [0.1, 0.15) is 37.7 Å². The summed E-state index contributed by atoms with van der Waals surface area (Å²) in [5, 5.41) is 5.46. The average molecular weight is 599 g/mol. The van der Waals surface area contributed by atoms with Gasteiger partial charge in [0.05, 0.1) is 24.2 Å². The van der Waals surface area contributed by atoms with Gasteiger partial charge in [-0.05, 0) is 42.0 Å². The van der Waals surface area contributed by atoms with E-state index < -0.39 is 5.41 Å². The first-order chi connectivity index (χ1) is 18.1. The standard InChI is InChI=1S/C28H25BrClN3O5/c1-28(2,3)27-32-21-7-6-18(29)11-20(21)26(34)33(27)31-13-17-10-19(30)12-24(35-4)25(17)36-14-16-5-8-22-23(9-16)38-15-37-22/h5-13H,14-15H2,1-4H3. The Balaban J connectivity index is 1.56. The van der Waals surface area contributed by atoms with E-state index in [1.165, 1.54) is 18.0 Å². The van der Waals surface area contributed by atoms with E-state index in [-0.39, 0.29) is 19.0 Å². The molecule has 0 N–H and O–H groups in total. The normalized spacial score (nSPS) is 12.9. The minimum atomic E-state index is -0.456. The molecule has 0 spiro atoms. The smallest absolute Gasteiger partial charge is 0.282 e. The summed E-state index contributed by atoms with van der Waals surface area (Å²) in [5.74, 6) is 2.75. The Labute approximate surface area is 232 Å². The minimum absolute atomic E-state index is 0.196. The van der Waals surface area contributed by atoms with Gasteiger partial charge in [0.15, 0.2) is 23.0 Å². The van der Waals surface area contributed by atoms with E-state index in [1.54, 1.807) is 18.2 Å². The van der Waals surface area contributed by atoms with Crippen LogP contribution in [-0.4, -0.2) is 29.8 Å². The lowest BCUT2D eigenvalue weighted by molar-refractivity contribution is 0.174. The molecule has 0 radical (unpaired) electrons. The van der Waals surface area contributed by atoms with Crippen LogP contribution in [0.4, 0.5) is 0 Å². The van der Waals surface area contributed by atoms with Gasteiger partial charge in [-0.1, -0.05) is 54.4 Å². The lowest BCUT2D eigenvalue weighted by atomic mass is 9.95. The van der Waals surface area contributed by atoms with Crippen molar-refractivity contribution in [1.29, 1.82) is 0 Å². The third-order valence-electron chi connectivity index (χ3n) is 5.88. The molecule has 0 bridgehead atoms. The molecule has 0 saturated heterocycles. The molecular formula is C28H25BrClN3O5. The molecule has 0 atom stereocenters. The van der Waals surface area contributed by atoms with Crippen molar-refractivity contribution in [3.63, 3.8) is 0 Å². The first-order valence-corrected chi connectivity index (χ1v) is 13.0. The van der Waals surface area contributed by atoms with Crippen molar-refractivity contribution in [3.8, 4) is 23.0 Å². The molecule has 2 heterocycles. The minimum Gasteiger partial charge on any atom is -0.493 e. The summed E-state index contributed by atoms with van der Waals surface area (Å²) in [7, 11) is 1.54. The van der Waals surface area contributed by atoms with Gasteiger partial charge in [-0.3, -0.25) is 4.79 Å². The summed E-state index contributed by atoms with van der Waals surface area (Å²) in [6.07, 6.45) is 1.53. The highest BCUT2D eigenvalue weighted by Gasteiger charge is 2.23. The first-order valence-electron chi connectivity index (χ1n) is 11.8. The number of rotatable bonds is 6. The Hall–Kier alpha value is -3.56. The number of benzene rings is 3. The Bertz CT molecular complexity index is 1630. The molecule has 4 aromatic rings. The van der Waals surface area contributed by atoms with Crippen LogP contribution in [0.2, 0.25) is 5.02 Å². The molecule has 0 unspecified atom stereocenters. The van der Waals surface area contributed by atoms with Crippen LogP contribution in [0.3, 0.4) is 0 Å². The maximum atomic E-state index is 13.5. The van der Waals surface area contributed by atoms with E-state index in [2.05, 4.69) is 21.0 Å². The number of nitrogens with zero attached hydrogens (tertiary/aromatic N) is 3. The highest BCUT2D eigenvalue weighted by atomic mass is 79.9. The second kappa shape index (κ2) is 10.3. The van der Waals surface area contributed by atoms with Gasteiger partial charge >= 0.3 is 0 Å². The van der Waals surface area contributed by atoms with Crippen LogP contribution in [0, 0.1) is 0 Å². The number of aromatic nitrogens is 2. The molecule has 38 heavy (non-hydrogen) atoms. The number of hydrogen-bond acceptors (Lipinski definition) is 7. The highest BCUT2D eigenvalue weighted by Crippen LogP contribution is 2.36. The van der Waals surface area contributed by atoms with Gasteiger partial charge in [-0.15, -0.1) is 0 Å². The fraction of sp³-hybridized carbons (Fsp3) is 0.250. The highest BCUT2D eigenvalue weighted by molar-refractivity contribution is 9.10. The SMILES string of the molecule is COc1cc(Cl)cc(C=Nn2c(C(C)(C)C)nc3ccc(Br)cc3c2=O)c1OCc1ccc2c(c1)OCO2. The number of ether oxygens (including phenoxy) is 4. The van der Waals surface area contributed by atoms with Gasteiger partial charge < -0.3 is 18.9 Å². The van der Waals surface area contributed by atoms with Crippen molar-refractivity contribution in [2.75, 3.05) is 13.9 Å². The van der Waals surface area contributed by atoms with Crippen LogP contribution in [-0.2, 0) is 12.0 Å². The zero-order chi connectivity index (χ0) is 27.0. The Morgan fingerprint density at radius 1 is 1.13 bits per heavy atom. The van der Waals surface area contributed by atoms with E-state index in [0.29, 0.717) is 50.3 Å². The van der Waals surface area contributed by atoms with Gasteiger partial charge in [0.25, 0.3) is 5.56 Å². The molecule has 1 aliphatic rings. The summed E-state index contributed by atoms with van der Waals surface area (Å²) >= 11 is 9.82. The fourth-order valence-corrected chi connectivity index (χ4v) is 4.62. The van der Waals surface area contributed by atoms with Crippen molar-refractivity contribution in [2.24, 2.45) is 5.10 Å². The number of halogens is 2. The molecular weight excluding hydrogens is 574 g/mol. The van der Waals surface area contributed by atoms with Crippen LogP contribution in [0.15, 0.2) is 62.9 Å². The fourth-order valence-electron chi connectivity index (χ4n) is 4.04. The van der Waals surface area contributed by atoms with Gasteiger partial charge in [-0.2, -0.15) is 9.78 Å². The van der Waals surface area contributed by atoms with Crippen molar-refractivity contribution in [3.05, 3.63) is 85.3 Å². The molecule has 3 aromatic carbocycles. The van der Waals surface area contributed by atoms with Crippen molar-refractivity contribution in [2.45, 2.75) is 32.8 Å². The maximum absolute atomic E-state index is 13.5. The molecule has 0 aliphatic carbocycles. The summed E-state index contributed by atoms with van der Waals surface area (Å²) in [6, 6.07) is 14.4. The van der Waals surface area contributed by atoms with E-state index in [1.807, 2.05) is 51.1 Å². The van der Waals surface area contributed by atoms with Crippen molar-refractivity contribution < 1.29 is 18.9 Å².